The lowest BCUT2D eigenvalue weighted by molar-refractivity contribution is -0.120. The lowest BCUT2D eigenvalue weighted by Gasteiger charge is -2.34. The van der Waals surface area contributed by atoms with Gasteiger partial charge in [-0.25, -0.2) is 4.90 Å². The lowest BCUT2D eigenvalue weighted by atomic mass is 9.97. The summed E-state index contributed by atoms with van der Waals surface area (Å²) in [7, 11) is 0. The Kier molecular flexibility index (Phi) is 6.61. The predicted molar refractivity (Wildman–Crippen MR) is 124 cm³/mol. The smallest absolute Gasteiger partial charge is 0.282 e. The van der Waals surface area contributed by atoms with Crippen LogP contribution in [-0.2, 0) is 9.59 Å². The third kappa shape index (κ3) is 4.15. The highest BCUT2D eigenvalue weighted by Gasteiger charge is 2.43. The highest BCUT2D eigenvalue weighted by Crippen LogP contribution is 2.37. The zero-order valence-electron chi connectivity index (χ0n) is 18.7. The highest BCUT2D eigenvalue weighted by atomic mass is 16.5. The van der Waals surface area contributed by atoms with Gasteiger partial charge in [-0.15, -0.1) is 0 Å². The second-order valence-electron chi connectivity index (χ2n) is 8.47. The molecule has 168 valence electrons. The van der Waals surface area contributed by atoms with Crippen LogP contribution in [0.4, 0.5) is 5.69 Å². The van der Waals surface area contributed by atoms with E-state index in [0.29, 0.717) is 42.2 Å². The molecule has 32 heavy (non-hydrogen) atoms. The maximum absolute atomic E-state index is 13.7. The van der Waals surface area contributed by atoms with Crippen molar-refractivity contribution in [2.75, 3.05) is 31.2 Å². The number of ether oxygens (including phenoxy) is 1. The highest BCUT2D eigenvalue weighted by molar-refractivity contribution is 6.45. The molecule has 0 aliphatic carbocycles. The quantitative estimate of drug-likeness (QED) is 0.672. The molecule has 1 atom stereocenters. The average Bonchev–Trinajstić information content (AvgIpc) is 3.08. The van der Waals surface area contributed by atoms with Crippen molar-refractivity contribution in [1.82, 2.24) is 4.90 Å². The van der Waals surface area contributed by atoms with Crippen molar-refractivity contribution in [2.45, 2.75) is 33.1 Å². The summed E-state index contributed by atoms with van der Waals surface area (Å²) in [4.78, 5) is 30.6. The summed E-state index contributed by atoms with van der Waals surface area (Å²) in [6.45, 7) is 5.90. The van der Waals surface area contributed by atoms with Gasteiger partial charge < -0.3 is 14.7 Å². The molecule has 0 radical (unpaired) electrons. The fraction of sp³-hybridized carbons (Fsp3) is 0.385. The summed E-state index contributed by atoms with van der Waals surface area (Å²) in [6.07, 6.45) is 2.71. The normalized spacial score (nSPS) is 19.2. The molecule has 0 spiro atoms. The number of rotatable bonds is 7. The molecule has 1 saturated heterocycles. The lowest BCUT2D eigenvalue weighted by Crippen LogP contribution is -2.40. The van der Waals surface area contributed by atoms with E-state index in [-0.39, 0.29) is 24.3 Å². The van der Waals surface area contributed by atoms with E-state index in [1.165, 1.54) is 4.90 Å². The van der Waals surface area contributed by atoms with Crippen LogP contribution in [0.25, 0.3) is 5.57 Å². The van der Waals surface area contributed by atoms with E-state index in [9.17, 15) is 14.7 Å². The van der Waals surface area contributed by atoms with E-state index in [1.54, 1.807) is 6.07 Å². The number of aryl methyl sites for hydroxylation is 1. The first-order chi connectivity index (χ1) is 15.5. The largest absolute Gasteiger partial charge is 0.494 e. The Hall–Kier alpha value is -3.12. The van der Waals surface area contributed by atoms with Gasteiger partial charge in [-0.1, -0.05) is 37.3 Å². The van der Waals surface area contributed by atoms with Crippen molar-refractivity contribution in [3.63, 3.8) is 0 Å². The zero-order chi connectivity index (χ0) is 22.7. The third-order valence-electron chi connectivity index (χ3n) is 6.13. The van der Waals surface area contributed by atoms with Gasteiger partial charge in [0, 0.05) is 19.7 Å². The Morgan fingerprint density at radius 2 is 1.81 bits per heavy atom. The van der Waals surface area contributed by atoms with Gasteiger partial charge in [-0.3, -0.25) is 9.59 Å². The van der Waals surface area contributed by atoms with Crippen LogP contribution in [0.1, 0.15) is 37.3 Å². The number of carbonyl (C=O) groups excluding carboxylic acids is 2. The fourth-order valence-electron chi connectivity index (χ4n) is 4.46. The van der Waals surface area contributed by atoms with E-state index in [4.69, 9.17) is 4.74 Å². The van der Waals surface area contributed by atoms with Crippen LogP contribution >= 0.6 is 0 Å². The van der Waals surface area contributed by atoms with E-state index in [0.717, 1.165) is 30.6 Å². The summed E-state index contributed by atoms with van der Waals surface area (Å²) in [5.41, 5.74) is 3.01. The number of nitrogens with zero attached hydrogens (tertiary/aromatic N) is 2. The number of piperidine rings is 1. The molecule has 2 heterocycles. The predicted octanol–water partition coefficient (Wildman–Crippen LogP) is 3.77. The third-order valence-corrected chi connectivity index (χ3v) is 6.13. The minimum atomic E-state index is -0.312. The number of hydrogen-bond donors (Lipinski definition) is 1. The van der Waals surface area contributed by atoms with Gasteiger partial charge in [0.05, 0.1) is 17.9 Å². The van der Waals surface area contributed by atoms with E-state index < -0.39 is 0 Å². The maximum atomic E-state index is 13.7. The van der Waals surface area contributed by atoms with Crippen LogP contribution in [0.3, 0.4) is 0 Å². The van der Waals surface area contributed by atoms with Crippen LogP contribution < -0.4 is 9.64 Å². The number of para-hydroxylation sites is 1. The summed E-state index contributed by atoms with van der Waals surface area (Å²) >= 11 is 0. The average molecular weight is 435 g/mol. The molecule has 2 aliphatic heterocycles. The summed E-state index contributed by atoms with van der Waals surface area (Å²) in [5.74, 6) is 0.221. The number of carbonyl (C=O) groups is 2. The number of amides is 2. The van der Waals surface area contributed by atoms with E-state index in [2.05, 4.69) is 0 Å². The molecule has 0 aromatic heterocycles. The minimum absolute atomic E-state index is 0.0756. The monoisotopic (exact) mass is 434 g/mol. The van der Waals surface area contributed by atoms with Crippen molar-refractivity contribution in [3.05, 3.63) is 65.4 Å². The summed E-state index contributed by atoms with van der Waals surface area (Å²) < 4.78 is 5.68. The molecule has 2 aromatic carbocycles. The molecule has 1 unspecified atom stereocenters. The number of aliphatic hydroxyl groups excluding tert-OH is 1. The first-order valence-electron chi connectivity index (χ1n) is 11.3. The van der Waals surface area contributed by atoms with Gasteiger partial charge in [0.2, 0.25) is 0 Å². The topological polar surface area (TPSA) is 70.1 Å². The molecule has 1 fully saturated rings. The SMILES string of the molecule is CCCOc1ccc(C2=C(N3CCCC(CO)C3)C(=O)N(c3ccccc3C)C2=O)cc1. The van der Waals surface area contributed by atoms with Gasteiger partial charge in [0.25, 0.3) is 11.8 Å². The first kappa shape index (κ1) is 22.1. The van der Waals surface area contributed by atoms with Crippen LogP contribution in [0.2, 0.25) is 0 Å². The fourth-order valence-corrected chi connectivity index (χ4v) is 4.46. The Morgan fingerprint density at radius 3 is 2.50 bits per heavy atom. The molecule has 2 aliphatic rings. The second kappa shape index (κ2) is 9.57. The second-order valence-corrected chi connectivity index (χ2v) is 8.47. The van der Waals surface area contributed by atoms with Crippen molar-refractivity contribution < 1.29 is 19.4 Å². The van der Waals surface area contributed by atoms with Crippen molar-refractivity contribution >= 4 is 23.1 Å². The van der Waals surface area contributed by atoms with Gasteiger partial charge >= 0.3 is 0 Å². The summed E-state index contributed by atoms with van der Waals surface area (Å²) in [5, 5.41) is 9.70. The van der Waals surface area contributed by atoms with Crippen LogP contribution in [0.15, 0.2) is 54.2 Å². The van der Waals surface area contributed by atoms with Crippen LogP contribution in [0.5, 0.6) is 5.75 Å². The maximum Gasteiger partial charge on any atom is 0.282 e. The number of anilines is 1. The molecule has 0 saturated carbocycles. The van der Waals surface area contributed by atoms with Gasteiger partial charge in [-0.05, 0) is 61.4 Å². The Morgan fingerprint density at radius 1 is 1.06 bits per heavy atom. The summed E-state index contributed by atoms with van der Waals surface area (Å²) in [6, 6.07) is 14.8. The molecule has 2 aromatic rings. The van der Waals surface area contributed by atoms with E-state index >= 15 is 0 Å². The molecular weight excluding hydrogens is 404 g/mol. The standard InChI is InChI=1S/C26H30N2O4/c1-3-15-32-21-12-10-20(11-13-21)23-24(27-14-6-8-19(16-27)17-29)26(31)28(25(23)30)22-9-5-4-7-18(22)2/h4-5,7,9-13,19,29H,3,6,8,14-17H2,1-2H3. The Labute approximate surface area is 189 Å². The molecule has 6 heteroatoms. The van der Waals surface area contributed by atoms with Crippen LogP contribution in [-0.4, -0.2) is 48.1 Å². The Bertz CT molecular complexity index is 1030. The minimum Gasteiger partial charge on any atom is -0.494 e. The number of aliphatic hydroxyl groups is 1. The number of imide groups is 1. The van der Waals surface area contributed by atoms with Crippen molar-refractivity contribution in [2.24, 2.45) is 5.92 Å². The molecule has 1 N–H and O–H groups in total. The number of hydrogen-bond acceptors (Lipinski definition) is 5. The Balaban J connectivity index is 1.77. The van der Waals surface area contributed by atoms with Crippen molar-refractivity contribution in [3.8, 4) is 5.75 Å². The number of likely N-dealkylation sites (tertiary alicyclic amines) is 1. The van der Waals surface area contributed by atoms with Gasteiger partial charge in [-0.2, -0.15) is 0 Å². The van der Waals surface area contributed by atoms with Gasteiger partial charge in [0.15, 0.2) is 0 Å². The van der Waals surface area contributed by atoms with Gasteiger partial charge in [0.1, 0.15) is 11.4 Å². The zero-order valence-corrected chi connectivity index (χ0v) is 18.7. The molecule has 6 nitrogen and oxygen atoms in total. The first-order valence-corrected chi connectivity index (χ1v) is 11.3. The molecule has 0 bridgehead atoms. The molecule has 2 amide bonds. The van der Waals surface area contributed by atoms with E-state index in [1.807, 2.05) is 61.2 Å². The molecule has 4 rings (SSSR count). The van der Waals surface area contributed by atoms with Crippen LogP contribution in [0, 0.1) is 12.8 Å². The number of benzene rings is 2. The molecular formula is C26H30N2O4. The van der Waals surface area contributed by atoms with Crippen molar-refractivity contribution in [1.29, 1.82) is 0 Å².